The summed E-state index contributed by atoms with van der Waals surface area (Å²) in [5, 5.41) is 0.609. The van der Waals surface area contributed by atoms with E-state index in [1.807, 2.05) is 29.9 Å². The van der Waals surface area contributed by atoms with Gasteiger partial charge in [-0.25, -0.2) is 0 Å². The third-order valence-corrected chi connectivity index (χ3v) is 3.05. The van der Waals surface area contributed by atoms with E-state index in [4.69, 9.17) is 17.3 Å². The molecule has 0 bridgehead atoms. The Hall–Kier alpha value is -1.06. The summed E-state index contributed by atoms with van der Waals surface area (Å²) in [6.07, 6.45) is 2.74. The SMILES string of the molecule is Nc1cc(Cc2cncs2)ccc1Cl. The highest BCUT2D eigenvalue weighted by Crippen LogP contribution is 2.21. The van der Waals surface area contributed by atoms with Crippen molar-refractivity contribution in [3.05, 3.63) is 45.4 Å². The van der Waals surface area contributed by atoms with Gasteiger partial charge < -0.3 is 5.73 Å². The zero-order chi connectivity index (χ0) is 9.97. The molecule has 0 atom stereocenters. The predicted octanol–water partition coefficient (Wildman–Crippen LogP) is 2.97. The number of thiazole rings is 1. The van der Waals surface area contributed by atoms with Crippen LogP contribution < -0.4 is 5.73 Å². The number of anilines is 1. The number of nitrogens with two attached hydrogens (primary N) is 1. The van der Waals surface area contributed by atoms with Crippen LogP contribution in [0.15, 0.2) is 29.9 Å². The molecule has 1 aromatic carbocycles. The molecule has 2 N–H and O–H groups in total. The van der Waals surface area contributed by atoms with Gasteiger partial charge in [0, 0.05) is 17.5 Å². The minimum Gasteiger partial charge on any atom is -0.398 e. The quantitative estimate of drug-likeness (QED) is 0.797. The summed E-state index contributed by atoms with van der Waals surface area (Å²) in [6, 6.07) is 5.72. The topological polar surface area (TPSA) is 38.9 Å². The predicted molar refractivity (Wildman–Crippen MR) is 60.8 cm³/mol. The third kappa shape index (κ3) is 2.05. The molecule has 0 aliphatic carbocycles. The number of rotatable bonds is 2. The second-order valence-corrected chi connectivity index (χ2v) is 4.38. The normalized spacial score (nSPS) is 10.4. The average Bonchev–Trinajstić information content (AvgIpc) is 2.64. The lowest BCUT2D eigenvalue weighted by Crippen LogP contribution is -1.90. The molecule has 2 nitrogen and oxygen atoms in total. The minimum atomic E-state index is 0.609. The monoisotopic (exact) mass is 224 g/mol. The highest BCUT2D eigenvalue weighted by Gasteiger charge is 2.00. The summed E-state index contributed by atoms with van der Waals surface area (Å²) in [4.78, 5) is 5.25. The molecule has 0 radical (unpaired) electrons. The Morgan fingerprint density at radius 1 is 1.43 bits per heavy atom. The zero-order valence-electron chi connectivity index (χ0n) is 7.40. The molecule has 0 aliphatic rings. The van der Waals surface area contributed by atoms with Crippen LogP contribution in [-0.2, 0) is 6.42 Å². The van der Waals surface area contributed by atoms with Crippen molar-refractivity contribution in [1.29, 1.82) is 0 Å². The van der Waals surface area contributed by atoms with Gasteiger partial charge in [0.15, 0.2) is 0 Å². The standard InChI is InChI=1S/C10H9ClN2S/c11-9-2-1-7(4-10(9)12)3-8-5-13-6-14-8/h1-2,4-6H,3,12H2. The van der Waals surface area contributed by atoms with E-state index < -0.39 is 0 Å². The van der Waals surface area contributed by atoms with E-state index in [1.54, 1.807) is 11.3 Å². The number of aromatic nitrogens is 1. The van der Waals surface area contributed by atoms with E-state index in [2.05, 4.69) is 4.98 Å². The first-order valence-electron chi connectivity index (χ1n) is 4.17. The summed E-state index contributed by atoms with van der Waals surface area (Å²) in [5.41, 5.74) is 9.33. The molecule has 1 aromatic heterocycles. The lowest BCUT2D eigenvalue weighted by molar-refractivity contribution is 1.22. The number of nitrogens with zero attached hydrogens (tertiary/aromatic N) is 1. The molecule has 0 saturated carbocycles. The van der Waals surface area contributed by atoms with Crippen molar-refractivity contribution in [3.8, 4) is 0 Å². The minimum absolute atomic E-state index is 0.609. The van der Waals surface area contributed by atoms with Gasteiger partial charge in [-0.2, -0.15) is 0 Å². The van der Waals surface area contributed by atoms with Gasteiger partial charge >= 0.3 is 0 Å². The summed E-state index contributed by atoms with van der Waals surface area (Å²) in [5.74, 6) is 0. The van der Waals surface area contributed by atoms with Crippen LogP contribution in [0.2, 0.25) is 5.02 Å². The Kier molecular flexibility index (Phi) is 2.70. The fraction of sp³-hybridized carbons (Fsp3) is 0.100. The zero-order valence-corrected chi connectivity index (χ0v) is 8.98. The van der Waals surface area contributed by atoms with Crippen molar-refractivity contribution in [3.63, 3.8) is 0 Å². The van der Waals surface area contributed by atoms with Crippen LogP contribution in [0.1, 0.15) is 10.4 Å². The second kappa shape index (κ2) is 3.98. The summed E-state index contributed by atoms with van der Waals surface area (Å²) < 4.78 is 0. The Morgan fingerprint density at radius 3 is 2.93 bits per heavy atom. The van der Waals surface area contributed by atoms with Gasteiger partial charge in [0.25, 0.3) is 0 Å². The van der Waals surface area contributed by atoms with Crippen LogP contribution in [0.3, 0.4) is 0 Å². The average molecular weight is 225 g/mol. The molecule has 4 heteroatoms. The Bertz CT molecular complexity index is 426. The fourth-order valence-corrected chi connectivity index (χ4v) is 1.98. The van der Waals surface area contributed by atoms with Crippen LogP contribution >= 0.6 is 22.9 Å². The van der Waals surface area contributed by atoms with Crippen LogP contribution in [0.25, 0.3) is 0 Å². The lowest BCUT2D eigenvalue weighted by Gasteiger charge is -2.01. The smallest absolute Gasteiger partial charge is 0.0794 e. The first-order chi connectivity index (χ1) is 6.75. The van der Waals surface area contributed by atoms with E-state index in [0.29, 0.717) is 10.7 Å². The maximum atomic E-state index is 5.83. The van der Waals surface area contributed by atoms with Gasteiger partial charge in [0.1, 0.15) is 0 Å². The maximum absolute atomic E-state index is 5.83. The van der Waals surface area contributed by atoms with Crippen molar-refractivity contribution in [1.82, 2.24) is 4.98 Å². The third-order valence-electron chi connectivity index (χ3n) is 1.92. The summed E-state index contributed by atoms with van der Waals surface area (Å²) >= 11 is 7.47. The van der Waals surface area contributed by atoms with Crippen LogP contribution in [-0.4, -0.2) is 4.98 Å². The van der Waals surface area contributed by atoms with Gasteiger partial charge in [0.05, 0.1) is 16.2 Å². The van der Waals surface area contributed by atoms with Crippen LogP contribution in [0, 0.1) is 0 Å². The number of nitrogen functional groups attached to an aromatic ring is 1. The first kappa shape index (κ1) is 9.49. The van der Waals surface area contributed by atoms with E-state index in [0.717, 1.165) is 12.0 Å². The van der Waals surface area contributed by atoms with Gasteiger partial charge in [-0.1, -0.05) is 17.7 Å². The number of hydrogen-bond acceptors (Lipinski definition) is 3. The number of halogens is 1. The van der Waals surface area contributed by atoms with Crippen LogP contribution in [0.4, 0.5) is 5.69 Å². The summed E-state index contributed by atoms with van der Waals surface area (Å²) in [6.45, 7) is 0. The van der Waals surface area contributed by atoms with Crippen LogP contribution in [0.5, 0.6) is 0 Å². The van der Waals surface area contributed by atoms with Gasteiger partial charge in [-0.15, -0.1) is 11.3 Å². The molecule has 0 saturated heterocycles. The summed E-state index contributed by atoms with van der Waals surface area (Å²) in [7, 11) is 0. The van der Waals surface area contributed by atoms with Gasteiger partial charge in [-0.3, -0.25) is 4.98 Å². The first-order valence-corrected chi connectivity index (χ1v) is 5.43. The number of hydrogen-bond donors (Lipinski definition) is 1. The van der Waals surface area contributed by atoms with E-state index in [-0.39, 0.29) is 0 Å². The van der Waals surface area contributed by atoms with Crippen molar-refractivity contribution in [2.45, 2.75) is 6.42 Å². The molecule has 0 unspecified atom stereocenters. The van der Waals surface area contributed by atoms with Gasteiger partial charge in [0.2, 0.25) is 0 Å². The molecule has 0 aliphatic heterocycles. The molecule has 0 spiro atoms. The largest absolute Gasteiger partial charge is 0.398 e. The van der Waals surface area contributed by atoms with Crippen molar-refractivity contribution >= 4 is 28.6 Å². The molecular formula is C10H9ClN2S. The van der Waals surface area contributed by atoms with Gasteiger partial charge in [-0.05, 0) is 17.7 Å². The molecule has 14 heavy (non-hydrogen) atoms. The molecule has 72 valence electrons. The van der Waals surface area contributed by atoms with Crippen molar-refractivity contribution < 1.29 is 0 Å². The molecular weight excluding hydrogens is 216 g/mol. The number of benzene rings is 1. The second-order valence-electron chi connectivity index (χ2n) is 3.00. The Morgan fingerprint density at radius 2 is 2.29 bits per heavy atom. The lowest BCUT2D eigenvalue weighted by atomic mass is 10.1. The van der Waals surface area contributed by atoms with E-state index in [1.165, 1.54) is 4.88 Å². The molecule has 0 fully saturated rings. The fourth-order valence-electron chi connectivity index (χ4n) is 1.23. The molecule has 1 heterocycles. The van der Waals surface area contributed by atoms with Crippen molar-refractivity contribution in [2.75, 3.05) is 5.73 Å². The highest BCUT2D eigenvalue weighted by molar-refractivity contribution is 7.09. The van der Waals surface area contributed by atoms with Crippen molar-refractivity contribution in [2.24, 2.45) is 0 Å². The highest BCUT2D eigenvalue weighted by atomic mass is 35.5. The molecule has 2 rings (SSSR count). The van der Waals surface area contributed by atoms with E-state index in [9.17, 15) is 0 Å². The molecule has 2 aromatic rings. The molecule has 0 amide bonds. The Balaban J connectivity index is 2.22. The maximum Gasteiger partial charge on any atom is 0.0794 e. The van der Waals surface area contributed by atoms with E-state index >= 15 is 0 Å². The Labute approximate surface area is 91.4 Å².